The molecule has 0 bridgehead atoms. The molecule has 0 aliphatic heterocycles. The molecule has 0 atom stereocenters. The Kier molecular flexibility index (Phi) is 4.84. The van der Waals surface area contributed by atoms with Crippen molar-refractivity contribution in [1.82, 2.24) is 5.16 Å². The SMILES string of the molecule is COc1ccc(OC)c(NC(=O)Nc2cc(-c3ccccc3)on2)c1. The molecule has 0 unspecified atom stereocenters. The van der Waals surface area contributed by atoms with E-state index in [1.165, 1.54) is 7.11 Å². The van der Waals surface area contributed by atoms with E-state index in [9.17, 15) is 4.79 Å². The van der Waals surface area contributed by atoms with E-state index < -0.39 is 6.03 Å². The van der Waals surface area contributed by atoms with Gasteiger partial charge in [0.2, 0.25) is 0 Å². The Morgan fingerprint density at radius 1 is 1.00 bits per heavy atom. The molecule has 1 heterocycles. The Hall–Kier alpha value is -3.48. The van der Waals surface area contributed by atoms with Crippen molar-refractivity contribution in [3.63, 3.8) is 0 Å². The number of ether oxygens (including phenoxy) is 2. The molecule has 128 valence electrons. The van der Waals surface area contributed by atoms with Gasteiger partial charge in [0.25, 0.3) is 0 Å². The minimum atomic E-state index is -0.473. The van der Waals surface area contributed by atoms with Crippen LogP contribution in [0.1, 0.15) is 0 Å². The second-order valence-electron chi connectivity index (χ2n) is 5.09. The molecule has 2 amide bonds. The van der Waals surface area contributed by atoms with E-state index in [-0.39, 0.29) is 0 Å². The summed E-state index contributed by atoms with van der Waals surface area (Å²) in [7, 11) is 3.07. The Morgan fingerprint density at radius 2 is 1.80 bits per heavy atom. The maximum atomic E-state index is 12.2. The van der Waals surface area contributed by atoms with Crippen LogP contribution >= 0.6 is 0 Å². The van der Waals surface area contributed by atoms with E-state index >= 15 is 0 Å². The normalized spacial score (nSPS) is 10.2. The number of carbonyl (C=O) groups is 1. The lowest BCUT2D eigenvalue weighted by atomic mass is 10.2. The molecular formula is C18H17N3O4. The summed E-state index contributed by atoms with van der Waals surface area (Å²) in [6.07, 6.45) is 0. The average molecular weight is 339 g/mol. The van der Waals surface area contributed by atoms with Crippen LogP contribution in [-0.2, 0) is 0 Å². The van der Waals surface area contributed by atoms with Crippen molar-refractivity contribution in [2.24, 2.45) is 0 Å². The van der Waals surface area contributed by atoms with Gasteiger partial charge in [-0.2, -0.15) is 0 Å². The highest BCUT2D eigenvalue weighted by Crippen LogP contribution is 2.29. The van der Waals surface area contributed by atoms with E-state index in [2.05, 4.69) is 15.8 Å². The number of hydrogen-bond acceptors (Lipinski definition) is 5. The molecule has 1 aromatic heterocycles. The molecule has 7 heteroatoms. The molecule has 0 spiro atoms. The zero-order valence-corrected chi connectivity index (χ0v) is 13.8. The van der Waals surface area contributed by atoms with Crippen LogP contribution < -0.4 is 20.1 Å². The van der Waals surface area contributed by atoms with Gasteiger partial charge in [-0.1, -0.05) is 35.5 Å². The number of rotatable bonds is 5. The fourth-order valence-corrected chi connectivity index (χ4v) is 2.25. The molecule has 0 aliphatic carbocycles. The lowest BCUT2D eigenvalue weighted by Crippen LogP contribution is -2.20. The predicted octanol–water partition coefficient (Wildman–Crippen LogP) is 4.00. The number of anilines is 2. The fraction of sp³-hybridized carbons (Fsp3) is 0.111. The predicted molar refractivity (Wildman–Crippen MR) is 94.1 cm³/mol. The van der Waals surface area contributed by atoms with Gasteiger partial charge >= 0.3 is 6.03 Å². The van der Waals surface area contributed by atoms with Crippen molar-refractivity contribution in [1.29, 1.82) is 0 Å². The van der Waals surface area contributed by atoms with Gasteiger partial charge in [0.1, 0.15) is 11.5 Å². The van der Waals surface area contributed by atoms with Gasteiger partial charge in [0.05, 0.1) is 19.9 Å². The van der Waals surface area contributed by atoms with Gasteiger partial charge in [-0.25, -0.2) is 4.79 Å². The van der Waals surface area contributed by atoms with Crippen molar-refractivity contribution in [3.05, 3.63) is 54.6 Å². The molecule has 2 aromatic carbocycles. The zero-order chi connectivity index (χ0) is 17.6. The second kappa shape index (κ2) is 7.39. The van der Waals surface area contributed by atoms with Gasteiger partial charge in [-0.15, -0.1) is 0 Å². The first-order valence-corrected chi connectivity index (χ1v) is 7.52. The highest BCUT2D eigenvalue weighted by atomic mass is 16.5. The van der Waals surface area contributed by atoms with E-state index in [0.29, 0.717) is 28.8 Å². The number of amides is 2. The van der Waals surface area contributed by atoms with Crippen LogP contribution in [0, 0.1) is 0 Å². The Labute approximate surface area is 144 Å². The van der Waals surface area contributed by atoms with E-state index in [0.717, 1.165) is 5.56 Å². The summed E-state index contributed by atoms with van der Waals surface area (Å²) in [4.78, 5) is 12.2. The van der Waals surface area contributed by atoms with Crippen LogP contribution in [0.15, 0.2) is 59.1 Å². The summed E-state index contributed by atoms with van der Waals surface area (Å²) in [5.74, 6) is 1.98. The standard InChI is InChI=1S/C18H17N3O4/c1-23-13-8-9-15(24-2)14(10-13)19-18(22)20-17-11-16(25-21-17)12-6-4-3-5-7-12/h3-11H,1-2H3,(H2,19,20,21,22). The van der Waals surface area contributed by atoms with Gasteiger partial charge < -0.3 is 19.3 Å². The molecular weight excluding hydrogens is 322 g/mol. The van der Waals surface area contributed by atoms with Crippen LogP contribution in [0.2, 0.25) is 0 Å². The summed E-state index contributed by atoms with van der Waals surface area (Å²) in [5.41, 5.74) is 1.35. The maximum absolute atomic E-state index is 12.2. The van der Waals surface area contributed by atoms with Crippen LogP contribution in [0.25, 0.3) is 11.3 Å². The number of nitrogens with zero attached hydrogens (tertiary/aromatic N) is 1. The number of methoxy groups -OCH3 is 2. The van der Waals surface area contributed by atoms with Crippen molar-refractivity contribution >= 4 is 17.5 Å². The molecule has 0 saturated heterocycles. The molecule has 3 rings (SSSR count). The first-order chi connectivity index (χ1) is 12.2. The largest absolute Gasteiger partial charge is 0.497 e. The highest BCUT2D eigenvalue weighted by molar-refractivity contribution is 6.00. The first kappa shape index (κ1) is 16.4. The maximum Gasteiger partial charge on any atom is 0.325 e. The lowest BCUT2D eigenvalue weighted by Gasteiger charge is -2.11. The molecule has 0 saturated carbocycles. The monoisotopic (exact) mass is 339 g/mol. The molecule has 0 radical (unpaired) electrons. The number of carbonyl (C=O) groups excluding carboxylic acids is 1. The van der Waals surface area contributed by atoms with Crippen molar-refractivity contribution in [3.8, 4) is 22.8 Å². The van der Waals surface area contributed by atoms with E-state index in [1.54, 1.807) is 31.4 Å². The zero-order valence-electron chi connectivity index (χ0n) is 13.8. The number of nitrogens with one attached hydrogen (secondary N) is 2. The third-order valence-electron chi connectivity index (χ3n) is 3.46. The second-order valence-corrected chi connectivity index (χ2v) is 5.09. The molecule has 7 nitrogen and oxygen atoms in total. The number of benzene rings is 2. The fourth-order valence-electron chi connectivity index (χ4n) is 2.25. The lowest BCUT2D eigenvalue weighted by molar-refractivity contribution is 0.261. The van der Waals surface area contributed by atoms with Crippen molar-refractivity contribution < 1.29 is 18.8 Å². The van der Waals surface area contributed by atoms with E-state index in [4.69, 9.17) is 14.0 Å². The quantitative estimate of drug-likeness (QED) is 0.734. The molecule has 2 N–H and O–H groups in total. The summed E-state index contributed by atoms with van der Waals surface area (Å²) in [6.45, 7) is 0. The Bertz CT molecular complexity index is 862. The summed E-state index contributed by atoms with van der Waals surface area (Å²) < 4.78 is 15.6. The first-order valence-electron chi connectivity index (χ1n) is 7.52. The van der Waals surface area contributed by atoms with Gasteiger partial charge in [0.15, 0.2) is 11.6 Å². The third-order valence-corrected chi connectivity index (χ3v) is 3.46. The molecule has 3 aromatic rings. The minimum Gasteiger partial charge on any atom is -0.497 e. The Balaban J connectivity index is 1.70. The summed E-state index contributed by atoms with van der Waals surface area (Å²) >= 11 is 0. The number of urea groups is 1. The van der Waals surface area contributed by atoms with Crippen molar-refractivity contribution in [2.75, 3.05) is 24.9 Å². The van der Waals surface area contributed by atoms with Gasteiger partial charge in [0, 0.05) is 17.7 Å². The number of hydrogen-bond donors (Lipinski definition) is 2. The highest BCUT2D eigenvalue weighted by Gasteiger charge is 2.12. The van der Waals surface area contributed by atoms with Crippen LogP contribution in [0.4, 0.5) is 16.3 Å². The third kappa shape index (κ3) is 3.89. The average Bonchev–Trinajstić information content (AvgIpc) is 3.10. The molecule has 0 fully saturated rings. The molecule has 0 aliphatic rings. The minimum absolute atomic E-state index is 0.304. The number of aromatic nitrogens is 1. The van der Waals surface area contributed by atoms with E-state index in [1.807, 2.05) is 30.3 Å². The summed E-state index contributed by atoms with van der Waals surface area (Å²) in [6, 6.07) is 15.8. The smallest absolute Gasteiger partial charge is 0.325 e. The molecule has 25 heavy (non-hydrogen) atoms. The van der Waals surface area contributed by atoms with Gasteiger partial charge in [-0.3, -0.25) is 5.32 Å². The van der Waals surface area contributed by atoms with Crippen LogP contribution in [0.5, 0.6) is 11.5 Å². The van der Waals surface area contributed by atoms with Crippen molar-refractivity contribution in [2.45, 2.75) is 0 Å². The Morgan fingerprint density at radius 3 is 2.52 bits per heavy atom. The van der Waals surface area contributed by atoms with Crippen LogP contribution in [0.3, 0.4) is 0 Å². The van der Waals surface area contributed by atoms with Gasteiger partial charge in [-0.05, 0) is 12.1 Å². The van der Waals surface area contributed by atoms with Crippen LogP contribution in [-0.4, -0.2) is 25.4 Å². The topological polar surface area (TPSA) is 85.6 Å². The summed E-state index contributed by atoms with van der Waals surface area (Å²) in [5, 5.41) is 9.16.